The Kier molecular flexibility index (Phi) is 7.25. The first-order valence-electron chi connectivity index (χ1n) is 13.0. The Morgan fingerprint density at radius 1 is 0.902 bits per heavy atom. The molecule has 1 aliphatic rings. The highest BCUT2D eigenvalue weighted by molar-refractivity contribution is 7.99. The molecule has 5 aromatic rings. The Morgan fingerprint density at radius 2 is 1.56 bits per heavy atom. The Labute approximate surface area is 247 Å². The van der Waals surface area contributed by atoms with Crippen LogP contribution in [0.4, 0.5) is 11.4 Å². The van der Waals surface area contributed by atoms with Crippen molar-refractivity contribution in [1.82, 2.24) is 19.9 Å². The molecule has 0 amide bonds. The zero-order chi connectivity index (χ0) is 28.5. The van der Waals surface area contributed by atoms with Crippen molar-refractivity contribution in [2.75, 3.05) is 4.90 Å². The number of nitro groups is 1. The van der Waals surface area contributed by atoms with E-state index in [0.29, 0.717) is 5.11 Å². The zero-order valence-electron chi connectivity index (χ0n) is 22.3. The van der Waals surface area contributed by atoms with Gasteiger partial charge in [-0.3, -0.25) is 15.1 Å². The second kappa shape index (κ2) is 11.1. The number of nitrogens with zero attached hydrogens (tertiary/aromatic N) is 5. The van der Waals surface area contributed by atoms with Gasteiger partial charge in [0, 0.05) is 51.4 Å². The fourth-order valence-corrected chi connectivity index (χ4v) is 6.48. The molecule has 2 aromatic carbocycles. The summed E-state index contributed by atoms with van der Waals surface area (Å²) in [6, 6.07) is 28.6. The minimum atomic E-state index is -0.390. The van der Waals surface area contributed by atoms with E-state index in [1.165, 1.54) is 12.1 Å². The van der Waals surface area contributed by atoms with Crippen LogP contribution in [-0.2, 0) is 0 Å². The van der Waals surface area contributed by atoms with Gasteiger partial charge in [-0.2, -0.15) is 0 Å². The number of pyridine rings is 2. The second-order valence-electron chi connectivity index (χ2n) is 9.69. The summed E-state index contributed by atoms with van der Waals surface area (Å²) in [5.74, 6) is 0.871. The fourth-order valence-electron chi connectivity index (χ4n) is 5.32. The average molecular weight is 579 g/mol. The van der Waals surface area contributed by atoms with Crippen molar-refractivity contribution in [3.05, 3.63) is 136 Å². The monoisotopic (exact) mass is 578 g/mol. The maximum atomic E-state index is 11.0. The molecule has 1 fully saturated rings. The molecule has 41 heavy (non-hydrogen) atoms. The van der Waals surface area contributed by atoms with Gasteiger partial charge in [-0.15, -0.1) is 0 Å². The molecular weight excluding hydrogens is 553 g/mol. The van der Waals surface area contributed by atoms with E-state index in [0.717, 1.165) is 43.9 Å². The second-order valence-corrected chi connectivity index (χ2v) is 11.2. The van der Waals surface area contributed by atoms with Gasteiger partial charge in [-0.25, -0.2) is 4.98 Å². The van der Waals surface area contributed by atoms with E-state index in [4.69, 9.17) is 12.2 Å². The number of non-ortho nitro benzene ring substituents is 1. The third-order valence-corrected chi connectivity index (χ3v) is 8.49. The van der Waals surface area contributed by atoms with Crippen molar-refractivity contribution in [1.29, 1.82) is 0 Å². The third kappa shape index (κ3) is 5.19. The van der Waals surface area contributed by atoms with Crippen LogP contribution in [0.3, 0.4) is 0 Å². The molecule has 6 rings (SSSR count). The molecule has 2 atom stereocenters. The molecule has 8 nitrogen and oxygen atoms in total. The number of aryl methyl sites for hydroxylation is 1. The van der Waals surface area contributed by atoms with Gasteiger partial charge in [0.15, 0.2) is 5.11 Å². The highest BCUT2D eigenvalue weighted by atomic mass is 32.2. The highest BCUT2D eigenvalue weighted by Crippen LogP contribution is 2.44. The van der Waals surface area contributed by atoms with E-state index in [2.05, 4.69) is 56.8 Å². The SMILES string of the molecule is Cc1cc([C@@H]2[C@@H](c3ccccn3)NC(=S)N2c2ccc(Sc3ccc([N+](=O)[O-])cc3)cc2)c(C)n1-c1ccccn1. The molecule has 4 heterocycles. The van der Waals surface area contributed by atoms with Crippen molar-refractivity contribution >= 4 is 40.5 Å². The summed E-state index contributed by atoms with van der Waals surface area (Å²) in [6.07, 6.45) is 3.61. The molecular formula is C31H26N6O2S2. The minimum Gasteiger partial charge on any atom is -0.351 e. The highest BCUT2D eigenvalue weighted by Gasteiger charge is 2.42. The van der Waals surface area contributed by atoms with Crippen LogP contribution in [0.5, 0.6) is 0 Å². The number of nitro benzene ring substituents is 1. The van der Waals surface area contributed by atoms with Gasteiger partial charge < -0.3 is 14.8 Å². The van der Waals surface area contributed by atoms with E-state index in [1.807, 2.05) is 48.5 Å². The lowest BCUT2D eigenvalue weighted by atomic mass is 9.96. The van der Waals surface area contributed by atoms with Crippen LogP contribution >= 0.6 is 24.0 Å². The maximum absolute atomic E-state index is 11.0. The van der Waals surface area contributed by atoms with Gasteiger partial charge >= 0.3 is 0 Å². The van der Waals surface area contributed by atoms with E-state index in [-0.39, 0.29) is 17.8 Å². The first kappa shape index (κ1) is 26.7. The smallest absolute Gasteiger partial charge is 0.269 e. The number of benzene rings is 2. The van der Waals surface area contributed by atoms with E-state index in [9.17, 15) is 10.1 Å². The molecule has 204 valence electrons. The van der Waals surface area contributed by atoms with Gasteiger partial charge in [-0.1, -0.05) is 23.9 Å². The fraction of sp³-hybridized carbons (Fsp3) is 0.129. The lowest BCUT2D eigenvalue weighted by molar-refractivity contribution is -0.384. The Morgan fingerprint density at radius 3 is 2.17 bits per heavy atom. The number of hydrogen-bond acceptors (Lipinski definition) is 6. The summed E-state index contributed by atoms with van der Waals surface area (Å²) < 4.78 is 2.17. The molecule has 1 N–H and O–H groups in total. The summed E-state index contributed by atoms with van der Waals surface area (Å²) in [5, 5.41) is 15.2. The lowest BCUT2D eigenvalue weighted by Gasteiger charge is -2.28. The van der Waals surface area contributed by atoms with Crippen LogP contribution in [0.15, 0.2) is 113 Å². The molecule has 10 heteroatoms. The normalized spacial score (nSPS) is 16.5. The van der Waals surface area contributed by atoms with Crippen LogP contribution in [0, 0.1) is 24.0 Å². The number of aromatic nitrogens is 3. The number of thiocarbonyl (C=S) groups is 1. The quantitative estimate of drug-likeness (QED) is 0.124. The average Bonchev–Trinajstić information content (AvgIpc) is 3.49. The summed E-state index contributed by atoms with van der Waals surface area (Å²) in [6.45, 7) is 4.21. The molecule has 0 saturated carbocycles. The first-order valence-corrected chi connectivity index (χ1v) is 14.3. The van der Waals surface area contributed by atoms with Crippen molar-refractivity contribution in [2.24, 2.45) is 0 Å². The van der Waals surface area contributed by atoms with E-state index >= 15 is 0 Å². The van der Waals surface area contributed by atoms with Gasteiger partial charge in [0.1, 0.15) is 5.82 Å². The van der Waals surface area contributed by atoms with Gasteiger partial charge in [0.05, 0.1) is 22.7 Å². The summed E-state index contributed by atoms with van der Waals surface area (Å²) in [7, 11) is 0. The lowest BCUT2D eigenvalue weighted by Crippen LogP contribution is -2.29. The first-order chi connectivity index (χ1) is 19.9. The van der Waals surface area contributed by atoms with Crippen molar-refractivity contribution in [2.45, 2.75) is 35.7 Å². The van der Waals surface area contributed by atoms with Gasteiger partial charge in [0.2, 0.25) is 0 Å². The van der Waals surface area contributed by atoms with Crippen LogP contribution < -0.4 is 10.2 Å². The van der Waals surface area contributed by atoms with Crippen molar-refractivity contribution in [3.63, 3.8) is 0 Å². The number of rotatable bonds is 7. The van der Waals surface area contributed by atoms with Crippen LogP contribution in [0.25, 0.3) is 5.82 Å². The molecule has 1 aliphatic heterocycles. The maximum Gasteiger partial charge on any atom is 0.269 e. The Hall–Kier alpha value is -4.54. The number of anilines is 1. The van der Waals surface area contributed by atoms with Gasteiger partial charge in [0.25, 0.3) is 5.69 Å². The Bertz CT molecular complexity index is 1710. The largest absolute Gasteiger partial charge is 0.351 e. The van der Waals surface area contributed by atoms with Crippen LogP contribution in [0.2, 0.25) is 0 Å². The molecule has 0 spiro atoms. The molecule has 3 aromatic heterocycles. The van der Waals surface area contributed by atoms with E-state index < -0.39 is 4.92 Å². The van der Waals surface area contributed by atoms with Crippen molar-refractivity contribution < 1.29 is 4.92 Å². The molecule has 0 aliphatic carbocycles. The summed E-state index contributed by atoms with van der Waals surface area (Å²) in [4.78, 5) is 24.0. The predicted octanol–water partition coefficient (Wildman–Crippen LogP) is 7.12. The van der Waals surface area contributed by atoms with Gasteiger partial charge in [-0.05, 0) is 98.4 Å². The zero-order valence-corrected chi connectivity index (χ0v) is 24.0. The van der Waals surface area contributed by atoms with Crippen LogP contribution in [0.1, 0.15) is 34.7 Å². The predicted molar refractivity (Wildman–Crippen MR) is 165 cm³/mol. The number of hydrogen-bond donors (Lipinski definition) is 1. The molecule has 0 bridgehead atoms. The van der Waals surface area contributed by atoms with Crippen LogP contribution in [-0.4, -0.2) is 24.6 Å². The Balaban J connectivity index is 1.37. The molecule has 1 saturated heterocycles. The number of nitrogens with one attached hydrogen (secondary N) is 1. The van der Waals surface area contributed by atoms with Crippen molar-refractivity contribution in [3.8, 4) is 5.82 Å². The summed E-state index contributed by atoms with van der Waals surface area (Å²) in [5.41, 5.74) is 5.27. The standard InChI is InChI=1S/C31H26N6O2S2/c1-20-19-26(21(2)35(20)28-8-4-6-18-33-28)30-29(27-7-3-5-17-32-27)34-31(40)36(30)22-9-13-24(14-10-22)41-25-15-11-23(12-16-25)37(38)39/h3-19,29-30H,1-2H3,(H,34,40)/t29-,30-/m1/s1. The molecule has 0 radical (unpaired) electrons. The topological polar surface area (TPSA) is 89.1 Å². The third-order valence-electron chi connectivity index (χ3n) is 7.16. The summed E-state index contributed by atoms with van der Waals surface area (Å²) >= 11 is 7.48. The minimum absolute atomic E-state index is 0.0793. The molecule has 0 unspecified atom stereocenters. The van der Waals surface area contributed by atoms with E-state index in [1.54, 1.807) is 36.3 Å².